The predicted octanol–water partition coefficient (Wildman–Crippen LogP) is 4.54. The predicted molar refractivity (Wildman–Crippen MR) is 116 cm³/mol. The normalized spacial score (nSPS) is 24.9. The zero-order valence-electron chi connectivity index (χ0n) is 17.8. The Morgan fingerprint density at radius 3 is 2.29 bits per heavy atom. The number of hydrogen-bond acceptors (Lipinski definition) is 5. The van der Waals surface area contributed by atoms with Gasteiger partial charge in [0.15, 0.2) is 21.4 Å². The van der Waals surface area contributed by atoms with Crippen molar-refractivity contribution in [1.29, 1.82) is 0 Å². The molecule has 3 atom stereocenters. The van der Waals surface area contributed by atoms with Crippen molar-refractivity contribution in [2.24, 2.45) is 11.8 Å². The van der Waals surface area contributed by atoms with Crippen LogP contribution < -0.4 is 9.46 Å². The van der Waals surface area contributed by atoms with Gasteiger partial charge in [0.25, 0.3) is 0 Å². The average Bonchev–Trinajstić information content (AvgIpc) is 2.79. The number of ether oxygens (including phenoxy) is 1. The van der Waals surface area contributed by atoms with Gasteiger partial charge in [0.2, 0.25) is 0 Å². The van der Waals surface area contributed by atoms with E-state index in [4.69, 9.17) is 16.3 Å². The minimum atomic E-state index is -5.71. The molecule has 6 nitrogen and oxygen atoms in total. The van der Waals surface area contributed by atoms with E-state index in [0.29, 0.717) is 0 Å². The first-order valence-corrected chi connectivity index (χ1v) is 13.7. The van der Waals surface area contributed by atoms with Crippen LogP contribution in [0.2, 0.25) is 5.02 Å². The van der Waals surface area contributed by atoms with E-state index < -0.39 is 78.1 Å². The Morgan fingerprint density at radius 1 is 1.03 bits per heavy atom. The fourth-order valence-corrected chi connectivity index (χ4v) is 8.22. The lowest BCUT2D eigenvalue weighted by atomic mass is 9.67. The number of benzene rings is 2. The molecule has 0 amide bonds. The molecule has 2 aromatic carbocycles. The van der Waals surface area contributed by atoms with Crippen molar-refractivity contribution >= 4 is 31.5 Å². The summed E-state index contributed by atoms with van der Waals surface area (Å²) in [4.78, 5) is -0.250. The van der Waals surface area contributed by atoms with Gasteiger partial charge in [-0.1, -0.05) is 18.0 Å². The molecule has 1 fully saturated rings. The first kappa shape index (κ1) is 26.1. The van der Waals surface area contributed by atoms with Crippen LogP contribution in [-0.4, -0.2) is 35.5 Å². The van der Waals surface area contributed by atoms with Crippen LogP contribution in [0.3, 0.4) is 0 Å². The van der Waals surface area contributed by atoms with Crippen LogP contribution in [0, 0.1) is 23.5 Å². The van der Waals surface area contributed by atoms with E-state index in [0.717, 1.165) is 12.1 Å². The Labute approximate surface area is 203 Å². The van der Waals surface area contributed by atoms with Crippen LogP contribution in [0.4, 0.5) is 22.0 Å². The van der Waals surface area contributed by atoms with Crippen molar-refractivity contribution in [3.63, 3.8) is 0 Å². The zero-order valence-corrected chi connectivity index (χ0v) is 20.2. The number of nitrogens with one attached hydrogen (secondary N) is 1. The van der Waals surface area contributed by atoms with Crippen molar-refractivity contribution in [1.82, 2.24) is 4.72 Å². The number of alkyl halides is 3. The maximum atomic E-state index is 15.2. The van der Waals surface area contributed by atoms with Gasteiger partial charge in [0.1, 0.15) is 10.6 Å². The maximum absolute atomic E-state index is 15.2. The summed E-state index contributed by atoms with van der Waals surface area (Å²) in [5, 5.41) is 0.227. The first-order valence-electron chi connectivity index (χ1n) is 10.4. The second kappa shape index (κ2) is 8.86. The van der Waals surface area contributed by atoms with Gasteiger partial charge in [0, 0.05) is 17.5 Å². The number of rotatable bonds is 5. The minimum absolute atomic E-state index is 0.0944. The fourth-order valence-electron chi connectivity index (χ4n) is 5.05. The van der Waals surface area contributed by atoms with Gasteiger partial charge in [-0.3, -0.25) is 0 Å². The topological polar surface area (TPSA) is 89.5 Å². The molecule has 0 bridgehead atoms. The Kier molecular flexibility index (Phi) is 6.61. The van der Waals surface area contributed by atoms with Crippen LogP contribution in [0.15, 0.2) is 41.3 Å². The van der Waals surface area contributed by atoms with Crippen LogP contribution in [0.25, 0.3) is 0 Å². The summed E-state index contributed by atoms with van der Waals surface area (Å²) in [6, 6.07) is 6.56. The Morgan fingerprint density at radius 2 is 1.66 bits per heavy atom. The summed E-state index contributed by atoms with van der Waals surface area (Å²) in [7, 11) is -10.2. The van der Waals surface area contributed by atoms with Gasteiger partial charge in [-0.15, -0.1) is 0 Å². The van der Waals surface area contributed by atoms with Crippen LogP contribution in [0.1, 0.15) is 24.8 Å². The smallest absolute Gasteiger partial charge is 0.490 e. The molecule has 4 rings (SSSR count). The van der Waals surface area contributed by atoms with Gasteiger partial charge in [-0.2, -0.15) is 13.2 Å². The molecule has 2 aromatic rings. The van der Waals surface area contributed by atoms with Gasteiger partial charge < -0.3 is 4.74 Å². The molecular formula is C21H19ClF5NO5S2. The molecule has 192 valence electrons. The van der Waals surface area contributed by atoms with E-state index in [9.17, 15) is 34.4 Å². The van der Waals surface area contributed by atoms with Crippen molar-refractivity contribution in [3.8, 4) is 5.75 Å². The van der Waals surface area contributed by atoms with E-state index in [1.165, 1.54) is 29.0 Å². The highest BCUT2D eigenvalue weighted by Crippen LogP contribution is 2.58. The van der Waals surface area contributed by atoms with E-state index in [-0.39, 0.29) is 29.2 Å². The van der Waals surface area contributed by atoms with Crippen molar-refractivity contribution < 1.29 is 43.5 Å². The highest BCUT2D eigenvalue weighted by atomic mass is 35.5. The SMILES string of the molecule is O=S(=O)(NC[C@@H]1CCCC2(S(=O)(=O)c3ccc(Cl)cc3)c3c(F)ccc(F)c3OC[C@@H]12)C(F)(F)F. The number of halogens is 6. The molecule has 14 heteroatoms. The largest absolute Gasteiger partial charge is 0.511 e. The van der Waals surface area contributed by atoms with Crippen LogP contribution in [-0.2, 0) is 24.6 Å². The van der Waals surface area contributed by atoms with Gasteiger partial charge in [0.05, 0.1) is 17.1 Å². The summed E-state index contributed by atoms with van der Waals surface area (Å²) in [5.74, 6) is -4.81. The number of fused-ring (bicyclic) bond motifs is 3. The van der Waals surface area contributed by atoms with Gasteiger partial charge >= 0.3 is 15.5 Å². The molecule has 35 heavy (non-hydrogen) atoms. The fraction of sp³-hybridized carbons (Fsp3) is 0.429. The second-order valence-corrected chi connectivity index (χ2v) is 12.8. The van der Waals surface area contributed by atoms with E-state index in [1.807, 2.05) is 0 Å². The Bertz CT molecular complexity index is 1350. The minimum Gasteiger partial charge on any atom is -0.490 e. The molecule has 1 unspecified atom stereocenters. The molecule has 1 aliphatic carbocycles. The van der Waals surface area contributed by atoms with Gasteiger partial charge in [-0.05, 0) is 55.2 Å². The second-order valence-electron chi connectivity index (χ2n) is 8.45. The monoisotopic (exact) mass is 559 g/mol. The summed E-state index contributed by atoms with van der Waals surface area (Å²) in [6.45, 7) is -1.24. The van der Waals surface area contributed by atoms with E-state index >= 15 is 4.39 Å². The number of hydrogen-bond donors (Lipinski definition) is 1. The van der Waals surface area contributed by atoms with Gasteiger partial charge in [-0.25, -0.2) is 30.3 Å². The highest BCUT2D eigenvalue weighted by Gasteiger charge is 2.61. The molecule has 0 radical (unpaired) electrons. The van der Waals surface area contributed by atoms with Crippen LogP contribution >= 0.6 is 11.6 Å². The lowest BCUT2D eigenvalue weighted by molar-refractivity contribution is -0.0450. The Balaban J connectivity index is 1.88. The highest BCUT2D eigenvalue weighted by molar-refractivity contribution is 7.92. The average molecular weight is 560 g/mol. The standard InChI is InChI=1S/C21H19ClF5NO5S2/c22-13-3-5-14(6-4-13)34(29,30)20-9-1-2-12(10-28-35(31,32)21(25,26)27)15(20)11-33-19-17(24)8-7-16(23)18(19)20/h3-8,12,15,28H,1-2,9-11H2/t12-,15-,20?/m0/s1. The third kappa shape index (κ3) is 4.19. The molecule has 2 aliphatic rings. The number of sulfone groups is 1. The van der Waals surface area contributed by atoms with Crippen molar-refractivity contribution in [3.05, 3.63) is 58.6 Å². The summed E-state index contributed by atoms with van der Waals surface area (Å²) >= 11 is 5.87. The molecule has 0 spiro atoms. The lowest BCUT2D eigenvalue weighted by Gasteiger charge is -2.50. The van der Waals surface area contributed by atoms with Crippen molar-refractivity contribution in [2.75, 3.05) is 13.2 Å². The maximum Gasteiger partial charge on any atom is 0.511 e. The molecule has 1 aliphatic heterocycles. The molecule has 0 aromatic heterocycles. The van der Waals surface area contributed by atoms with E-state index in [2.05, 4.69) is 0 Å². The molecule has 1 saturated carbocycles. The number of sulfonamides is 1. The summed E-state index contributed by atoms with van der Waals surface area (Å²) < 4.78 is 125. The molecule has 1 heterocycles. The first-order chi connectivity index (χ1) is 16.2. The lowest BCUT2D eigenvalue weighted by Crippen LogP contribution is -2.56. The summed E-state index contributed by atoms with van der Waals surface area (Å²) in [5.41, 5.74) is -6.12. The molecular weight excluding hydrogens is 541 g/mol. The zero-order chi connectivity index (χ0) is 25.8. The molecule has 0 saturated heterocycles. The summed E-state index contributed by atoms with van der Waals surface area (Å²) in [6.07, 6.45) is 0.0531. The third-order valence-electron chi connectivity index (χ3n) is 6.62. The van der Waals surface area contributed by atoms with Crippen LogP contribution in [0.5, 0.6) is 5.75 Å². The van der Waals surface area contributed by atoms with Crippen molar-refractivity contribution in [2.45, 2.75) is 34.4 Å². The quantitative estimate of drug-likeness (QED) is 0.544. The third-order valence-corrected chi connectivity index (χ3v) is 10.6. The van der Waals surface area contributed by atoms with E-state index in [1.54, 1.807) is 0 Å². The molecule has 1 N–H and O–H groups in total. The Hall–Kier alpha value is -1.96.